The first kappa shape index (κ1) is 14.1. The predicted octanol–water partition coefficient (Wildman–Crippen LogP) is -0.431. The van der Waals surface area contributed by atoms with Crippen molar-refractivity contribution in [2.75, 3.05) is 19.6 Å². The number of imide groups is 2. The van der Waals surface area contributed by atoms with Gasteiger partial charge in [-0.25, -0.2) is 4.79 Å². The molecule has 1 N–H and O–H groups in total. The standard InChI is InChI=1S/C11H17N3O4/c1-4-13(5-2)8(15)6-14-10(17)7(3)9(16)12-11(14)18/h7H,4-6H2,1-3H3,(H,12,16,18). The van der Waals surface area contributed by atoms with Crippen LogP contribution in [0.1, 0.15) is 20.8 Å². The van der Waals surface area contributed by atoms with Crippen molar-refractivity contribution in [3.8, 4) is 0 Å². The van der Waals surface area contributed by atoms with E-state index in [1.807, 2.05) is 19.2 Å². The smallest absolute Gasteiger partial charge is 0.331 e. The van der Waals surface area contributed by atoms with Crippen molar-refractivity contribution >= 4 is 23.8 Å². The average Bonchev–Trinajstić information content (AvgIpc) is 2.33. The molecule has 7 nitrogen and oxygen atoms in total. The summed E-state index contributed by atoms with van der Waals surface area (Å²) in [5, 5.41) is 2.05. The summed E-state index contributed by atoms with van der Waals surface area (Å²) in [6, 6.07) is -0.830. The first-order chi connectivity index (χ1) is 8.42. The van der Waals surface area contributed by atoms with Crippen molar-refractivity contribution in [2.45, 2.75) is 20.8 Å². The maximum Gasteiger partial charge on any atom is 0.331 e. The van der Waals surface area contributed by atoms with Crippen molar-refractivity contribution in [3.05, 3.63) is 0 Å². The molecule has 1 atom stereocenters. The number of hydrogen-bond donors (Lipinski definition) is 1. The molecule has 0 aliphatic carbocycles. The van der Waals surface area contributed by atoms with Gasteiger partial charge in [0.25, 0.3) is 0 Å². The molecule has 7 heteroatoms. The van der Waals surface area contributed by atoms with E-state index in [0.717, 1.165) is 4.90 Å². The van der Waals surface area contributed by atoms with E-state index in [4.69, 9.17) is 0 Å². The van der Waals surface area contributed by atoms with Crippen molar-refractivity contribution in [3.63, 3.8) is 0 Å². The average molecular weight is 255 g/mol. The second-order valence-electron chi connectivity index (χ2n) is 4.01. The summed E-state index contributed by atoms with van der Waals surface area (Å²) in [6.45, 7) is 5.71. The molecule has 0 saturated carbocycles. The Kier molecular flexibility index (Phi) is 4.41. The molecule has 0 aromatic heterocycles. The van der Waals surface area contributed by atoms with E-state index in [1.54, 1.807) is 0 Å². The van der Waals surface area contributed by atoms with E-state index in [2.05, 4.69) is 0 Å². The second-order valence-corrected chi connectivity index (χ2v) is 4.01. The Hall–Kier alpha value is -1.92. The molecule has 100 valence electrons. The predicted molar refractivity (Wildman–Crippen MR) is 62.3 cm³/mol. The highest BCUT2D eigenvalue weighted by Crippen LogP contribution is 2.09. The summed E-state index contributed by atoms with van der Waals surface area (Å²) in [4.78, 5) is 48.6. The molecule has 5 amide bonds. The van der Waals surface area contributed by atoms with Crippen LogP contribution >= 0.6 is 0 Å². The molecule has 0 aromatic carbocycles. The molecule has 0 bridgehead atoms. The zero-order valence-electron chi connectivity index (χ0n) is 10.7. The summed E-state index contributed by atoms with van der Waals surface area (Å²) in [5.41, 5.74) is 0. The highest BCUT2D eigenvalue weighted by Gasteiger charge is 2.38. The van der Waals surface area contributed by atoms with Crippen LogP contribution in [0.15, 0.2) is 0 Å². The third kappa shape index (κ3) is 2.66. The number of urea groups is 1. The maximum absolute atomic E-state index is 11.8. The van der Waals surface area contributed by atoms with Crippen molar-refractivity contribution in [1.82, 2.24) is 15.1 Å². The SMILES string of the molecule is CCN(CC)C(=O)CN1C(=O)NC(=O)C(C)C1=O. The monoisotopic (exact) mass is 255 g/mol. The van der Waals surface area contributed by atoms with Crippen LogP contribution in [0.5, 0.6) is 0 Å². The van der Waals surface area contributed by atoms with Crippen molar-refractivity contribution in [1.29, 1.82) is 0 Å². The zero-order chi connectivity index (χ0) is 13.9. The van der Waals surface area contributed by atoms with Gasteiger partial charge in [0.15, 0.2) is 0 Å². The van der Waals surface area contributed by atoms with Crippen LogP contribution in [-0.4, -0.2) is 53.2 Å². The van der Waals surface area contributed by atoms with Gasteiger partial charge in [0.05, 0.1) is 0 Å². The molecule has 18 heavy (non-hydrogen) atoms. The topological polar surface area (TPSA) is 86.8 Å². The van der Waals surface area contributed by atoms with Crippen LogP contribution in [0, 0.1) is 5.92 Å². The Morgan fingerprint density at radius 3 is 2.33 bits per heavy atom. The van der Waals surface area contributed by atoms with E-state index >= 15 is 0 Å². The van der Waals surface area contributed by atoms with Crippen LogP contribution in [0.2, 0.25) is 0 Å². The summed E-state index contributed by atoms with van der Waals surface area (Å²) >= 11 is 0. The molecule has 1 saturated heterocycles. The fraction of sp³-hybridized carbons (Fsp3) is 0.636. The molecular formula is C11H17N3O4. The minimum absolute atomic E-state index is 0.315. The van der Waals surface area contributed by atoms with Crippen molar-refractivity contribution < 1.29 is 19.2 Å². The number of rotatable bonds is 4. The number of carbonyl (C=O) groups excluding carboxylic acids is 4. The van der Waals surface area contributed by atoms with Gasteiger partial charge in [-0.15, -0.1) is 0 Å². The largest absolute Gasteiger partial charge is 0.342 e. The summed E-state index contributed by atoms with van der Waals surface area (Å²) in [6.07, 6.45) is 0. The number of amides is 5. The van der Waals surface area contributed by atoms with Crippen molar-refractivity contribution in [2.24, 2.45) is 5.92 Å². The summed E-state index contributed by atoms with van der Waals surface area (Å²) in [5.74, 6) is -2.52. The van der Waals surface area contributed by atoms with E-state index in [-0.39, 0.29) is 12.5 Å². The Morgan fingerprint density at radius 2 is 1.83 bits per heavy atom. The highest BCUT2D eigenvalue weighted by molar-refractivity contribution is 6.16. The maximum atomic E-state index is 11.8. The first-order valence-corrected chi connectivity index (χ1v) is 5.86. The van der Waals surface area contributed by atoms with Gasteiger partial charge in [0.1, 0.15) is 12.5 Å². The highest BCUT2D eigenvalue weighted by atomic mass is 16.2. The fourth-order valence-corrected chi connectivity index (χ4v) is 1.69. The fourth-order valence-electron chi connectivity index (χ4n) is 1.69. The Bertz CT molecular complexity index is 390. The van der Waals surface area contributed by atoms with Gasteiger partial charge in [0.2, 0.25) is 17.7 Å². The quantitative estimate of drug-likeness (QED) is 0.690. The summed E-state index contributed by atoms with van der Waals surface area (Å²) in [7, 11) is 0. The molecule has 1 heterocycles. The Morgan fingerprint density at radius 1 is 1.28 bits per heavy atom. The number of nitrogens with zero attached hydrogens (tertiary/aromatic N) is 2. The van der Waals surface area contributed by atoms with Gasteiger partial charge in [-0.1, -0.05) is 0 Å². The van der Waals surface area contributed by atoms with E-state index in [1.165, 1.54) is 11.8 Å². The van der Waals surface area contributed by atoms with Gasteiger partial charge in [0, 0.05) is 13.1 Å². The Labute approximate surface area is 105 Å². The Balaban J connectivity index is 2.77. The molecule has 0 radical (unpaired) electrons. The van der Waals surface area contributed by atoms with E-state index in [0.29, 0.717) is 13.1 Å². The van der Waals surface area contributed by atoms with Crippen LogP contribution < -0.4 is 5.32 Å². The lowest BCUT2D eigenvalue weighted by Crippen LogP contribution is -2.59. The molecule has 1 unspecified atom stereocenters. The summed E-state index contributed by atoms with van der Waals surface area (Å²) < 4.78 is 0. The van der Waals surface area contributed by atoms with Crippen LogP contribution in [0.4, 0.5) is 4.79 Å². The lowest BCUT2D eigenvalue weighted by molar-refractivity contribution is -0.145. The van der Waals surface area contributed by atoms with Gasteiger partial charge in [-0.05, 0) is 20.8 Å². The van der Waals surface area contributed by atoms with Crippen LogP contribution in [-0.2, 0) is 14.4 Å². The minimum atomic E-state index is -0.938. The van der Waals surface area contributed by atoms with Crippen LogP contribution in [0.3, 0.4) is 0 Å². The molecule has 1 fully saturated rings. The molecule has 0 aromatic rings. The number of barbiturate groups is 1. The lowest BCUT2D eigenvalue weighted by Gasteiger charge is -2.29. The second kappa shape index (κ2) is 5.61. The van der Waals surface area contributed by atoms with E-state index < -0.39 is 23.8 Å². The van der Waals surface area contributed by atoms with Gasteiger partial charge in [-0.3, -0.25) is 24.6 Å². The zero-order valence-corrected chi connectivity index (χ0v) is 10.7. The first-order valence-electron chi connectivity index (χ1n) is 5.86. The molecule has 0 spiro atoms. The third-order valence-electron chi connectivity index (χ3n) is 2.91. The minimum Gasteiger partial charge on any atom is -0.342 e. The molecule has 1 aliphatic heterocycles. The molecule has 1 rings (SSSR count). The van der Waals surface area contributed by atoms with Crippen LogP contribution in [0.25, 0.3) is 0 Å². The lowest BCUT2D eigenvalue weighted by atomic mass is 10.1. The molecular weight excluding hydrogens is 238 g/mol. The molecule has 1 aliphatic rings. The number of carbonyl (C=O) groups is 4. The van der Waals surface area contributed by atoms with Gasteiger partial charge in [-0.2, -0.15) is 0 Å². The van der Waals surface area contributed by atoms with Gasteiger partial charge < -0.3 is 4.90 Å². The normalized spacial score (nSPS) is 19.8. The third-order valence-corrected chi connectivity index (χ3v) is 2.91. The number of hydrogen-bond acceptors (Lipinski definition) is 4. The number of likely N-dealkylation sites (N-methyl/N-ethyl adjacent to an activating group) is 1. The van der Waals surface area contributed by atoms with Gasteiger partial charge >= 0.3 is 6.03 Å². The van der Waals surface area contributed by atoms with E-state index in [9.17, 15) is 19.2 Å². The number of nitrogens with one attached hydrogen (secondary N) is 1.